The van der Waals surface area contributed by atoms with Crippen molar-refractivity contribution in [2.45, 2.75) is 222 Å². The molecule has 2 aliphatic heterocycles. The number of imide groups is 1. The zero-order chi connectivity index (χ0) is 75.1. The zero-order valence-corrected chi connectivity index (χ0v) is 62.9. The molecule has 0 aliphatic carbocycles. The Morgan fingerprint density at radius 2 is 1.37 bits per heavy atom. The monoisotopic (exact) mass is 1400 g/mol. The molecule has 11 atom stereocenters. The number of Topliss-reactive ketones (excluding diaryl/α,β-unsaturated/α-hetero) is 3. The van der Waals surface area contributed by atoms with E-state index in [1.807, 2.05) is 97.7 Å². The molecule has 2 aliphatic rings. The molecule has 2 heterocycles. The van der Waals surface area contributed by atoms with Crippen LogP contribution in [0.2, 0.25) is 0 Å². The summed E-state index contributed by atoms with van der Waals surface area (Å²) in [4.78, 5) is 148. The minimum absolute atomic E-state index is 0.00235. The van der Waals surface area contributed by atoms with Crippen molar-refractivity contribution in [2.24, 2.45) is 52.6 Å². The molecule has 24 heteroatoms. The topological polar surface area (TPSA) is 323 Å². The fourth-order valence-electron chi connectivity index (χ4n) is 13.4. The van der Waals surface area contributed by atoms with Gasteiger partial charge in [0, 0.05) is 103 Å². The van der Waals surface area contributed by atoms with Crippen LogP contribution in [0.25, 0.3) is 0 Å². The summed E-state index contributed by atoms with van der Waals surface area (Å²) in [6, 6.07) is 13.2. The van der Waals surface area contributed by atoms with Crippen molar-refractivity contribution in [2.75, 3.05) is 66.9 Å². The largest absolute Gasteiger partial charge is 0.453 e. The van der Waals surface area contributed by atoms with E-state index in [2.05, 4.69) is 53.9 Å². The van der Waals surface area contributed by atoms with E-state index >= 15 is 0 Å². The average Bonchev–Trinajstić information content (AvgIpc) is 1.43. The molecule has 9 amide bonds. The summed E-state index contributed by atoms with van der Waals surface area (Å²) < 4.78 is 17.1. The van der Waals surface area contributed by atoms with Crippen LogP contribution in [0, 0.1) is 46.8 Å². The van der Waals surface area contributed by atoms with Gasteiger partial charge >= 0.3 is 12.1 Å². The highest BCUT2D eigenvalue weighted by Crippen LogP contribution is 2.32. The van der Waals surface area contributed by atoms with E-state index in [-0.39, 0.29) is 132 Å². The number of benzene rings is 2. The number of amides is 9. The smallest absolute Gasteiger partial charge is 0.409 e. The summed E-state index contributed by atoms with van der Waals surface area (Å²) in [5, 5.41) is 20.4. The number of nitrogens with zero attached hydrogens (tertiary/aromatic N) is 4. The van der Waals surface area contributed by atoms with E-state index in [4.69, 9.17) is 19.9 Å². The third kappa shape index (κ3) is 28.5. The number of hydrogen-bond donors (Lipinski definition) is 6. The normalized spacial score (nSPS) is 16.9. The third-order valence-electron chi connectivity index (χ3n) is 19.2. The van der Waals surface area contributed by atoms with Crippen LogP contribution in [0.4, 0.5) is 15.3 Å². The summed E-state index contributed by atoms with van der Waals surface area (Å²) in [5.74, 6) is -3.23. The molecular weight excluding hydrogens is 1280 g/mol. The van der Waals surface area contributed by atoms with Crippen LogP contribution in [-0.4, -0.2) is 194 Å². The van der Waals surface area contributed by atoms with E-state index in [9.17, 15) is 57.8 Å². The first-order chi connectivity index (χ1) is 47.1. The molecule has 0 unspecified atom stereocenters. The second-order valence-electron chi connectivity index (χ2n) is 29.4. The van der Waals surface area contributed by atoms with Gasteiger partial charge in [0.25, 0.3) is 11.8 Å². The van der Waals surface area contributed by atoms with Crippen LogP contribution >= 0.6 is 0 Å². The molecular formula is C76H121N9O15. The fourth-order valence-corrected chi connectivity index (χ4v) is 13.4. The van der Waals surface area contributed by atoms with Crippen molar-refractivity contribution in [3.05, 3.63) is 77.9 Å². The molecule has 0 saturated carbocycles. The van der Waals surface area contributed by atoms with Gasteiger partial charge in [-0.1, -0.05) is 138 Å². The van der Waals surface area contributed by atoms with Gasteiger partial charge in [-0.2, -0.15) is 0 Å². The van der Waals surface area contributed by atoms with Gasteiger partial charge in [0.2, 0.25) is 23.6 Å². The zero-order valence-electron chi connectivity index (χ0n) is 62.9. The van der Waals surface area contributed by atoms with Crippen LogP contribution in [0.3, 0.4) is 0 Å². The summed E-state index contributed by atoms with van der Waals surface area (Å²) in [5.41, 5.74) is 7.05. The minimum atomic E-state index is -0.781. The molecule has 1 fully saturated rings. The molecule has 1 saturated heterocycles. The van der Waals surface area contributed by atoms with Crippen molar-refractivity contribution in [1.82, 2.24) is 35.6 Å². The predicted octanol–water partition coefficient (Wildman–Crippen LogP) is 8.83. The van der Waals surface area contributed by atoms with Gasteiger partial charge in [-0.15, -0.1) is 0 Å². The fraction of sp³-hybridized carbons (Fsp3) is 0.671. The van der Waals surface area contributed by atoms with Crippen LogP contribution in [0.1, 0.15) is 178 Å². The first-order valence-corrected chi connectivity index (χ1v) is 35.8. The molecule has 0 bridgehead atoms. The number of primary amides is 1. The maximum Gasteiger partial charge on any atom is 0.409 e. The number of ether oxygens (including phenoxy) is 3. The van der Waals surface area contributed by atoms with Crippen molar-refractivity contribution in [3.63, 3.8) is 0 Å². The predicted molar refractivity (Wildman–Crippen MR) is 386 cm³/mol. The molecule has 7 N–H and O–H groups in total. The number of likely N-dealkylation sites (N-methyl/N-ethyl adjacent to an activating group) is 2. The Labute approximate surface area is 595 Å². The Bertz CT molecular complexity index is 2970. The van der Waals surface area contributed by atoms with Crippen LogP contribution in [0.5, 0.6) is 0 Å². The maximum absolute atomic E-state index is 14.4. The quantitative estimate of drug-likeness (QED) is 0.0267. The molecule has 2 aromatic rings. The second-order valence-corrected chi connectivity index (χ2v) is 29.4. The molecule has 100 heavy (non-hydrogen) atoms. The van der Waals surface area contributed by atoms with Gasteiger partial charge in [0.15, 0.2) is 17.3 Å². The second kappa shape index (κ2) is 43.4. The molecule has 4 rings (SSSR count). The van der Waals surface area contributed by atoms with Gasteiger partial charge in [-0.25, -0.2) is 9.59 Å². The van der Waals surface area contributed by atoms with Gasteiger partial charge in [-0.3, -0.25) is 48.1 Å². The van der Waals surface area contributed by atoms with Crippen LogP contribution in [0.15, 0.2) is 66.7 Å². The lowest BCUT2D eigenvalue weighted by Gasteiger charge is -2.41. The number of carbonyl (C=O) groups is 11. The molecule has 24 nitrogen and oxygen atoms in total. The highest BCUT2D eigenvalue weighted by molar-refractivity contribution is 6.12. The van der Waals surface area contributed by atoms with Crippen molar-refractivity contribution >= 4 is 70.6 Å². The summed E-state index contributed by atoms with van der Waals surface area (Å²) in [7, 11) is 8.21. The first-order valence-electron chi connectivity index (χ1n) is 35.8. The SMILES string of the molecule is CC(C)[C@H](NC(=O)CCCCCN1C(=O)C=CC1=O)C(=O)C[C@@H](CCCNC(N)=O)C(=O)Nc1ccc(CO)cc1.CC[C@H](C)[C@@H]([C@@H](CC(=O)N1CCC[C@H]1[C@H](OC)[C@@H](C)C(=O)N[C@@H](Cc1ccccc1)C(=O)CC(C)(C)C)OC)N(C)C[C@@H](CC(=O)[C@H](C(C)C)N(C)C(=O)OC)C(C)C. The number of hydrogen-bond acceptors (Lipinski definition) is 16. The van der Waals surface area contributed by atoms with E-state index in [0.29, 0.717) is 88.7 Å². The molecule has 0 aromatic heterocycles. The van der Waals surface area contributed by atoms with Gasteiger partial charge in [0.05, 0.1) is 62.4 Å². The van der Waals surface area contributed by atoms with E-state index < -0.39 is 54.3 Å². The van der Waals surface area contributed by atoms with Crippen molar-refractivity contribution in [3.8, 4) is 0 Å². The lowest BCUT2D eigenvalue weighted by atomic mass is 9.84. The number of rotatable bonds is 42. The standard InChI is InChI=1S/C47H80N4O8.C29H41N5O7/c1-16-32(6)43(49(11)29-35(30(2)3)26-38(52)42(31(4)5)50(12)46(56)59-15)40(57-13)27-41(54)51-24-20-23-37(51)44(58-14)33(7)45(55)48-36(39(53)28-47(8,9)10)25-34-21-18-17-19-22-34;1-19(2)27(33-24(37)8-4-3-5-16-34-25(38)13-14-26(34)39)23(36)17-21(7-6-15-31-29(30)41)28(40)32-22-11-9-20(18-35)10-12-22/h17-19,21-22,30-33,35-37,40,42-44H,16,20,23-29H2,1-15H3,(H,48,55);9-14,19,21,27,35H,3-8,15-18H2,1-2H3,(H,32,40)(H,33,37)(H3,30,31,41)/t32-,33+,35+,36-,37-,40+,42-,43-,44+;21-,27+/m01/s1. The number of nitrogens with two attached hydrogens (primary N) is 1. The number of likely N-dealkylation sites (tertiary alicyclic amines) is 1. The highest BCUT2D eigenvalue weighted by atomic mass is 16.5. The first kappa shape index (κ1) is 86.8. The Morgan fingerprint density at radius 1 is 0.730 bits per heavy atom. The van der Waals surface area contributed by atoms with Crippen LogP contribution in [-0.2, 0) is 70.4 Å². The van der Waals surface area contributed by atoms with E-state index in [0.717, 1.165) is 23.3 Å². The van der Waals surface area contributed by atoms with Crippen LogP contribution < -0.4 is 27.0 Å². The number of carbonyl (C=O) groups excluding carboxylic acids is 11. The third-order valence-corrected chi connectivity index (χ3v) is 19.2. The molecule has 0 radical (unpaired) electrons. The number of urea groups is 1. The Hall–Kier alpha value is -7.41. The van der Waals surface area contributed by atoms with Crippen molar-refractivity contribution in [1.29, 1.82) is 0 Å². The number of anilines is 1. The number of ketones is 3. The van der Waals surface area contributed by atoms with E-state index in [1.165, 1.54) is 24.2 Å². The lowest BCUT2D eigenvalue weighted by molar-refractivity contribution is -0.143. The highest BCUT2D eigenvalue weighted by Gasteiger charge is 2.43. The molecule has 2 aromatic carbocycles. The van der Waals surface area contributed by atoms with Gasteiger partial charge in [0.1, 0.15) is 0 Å². The Morgan fingerprint density at radius 3 is 1.91 bits per heavy atom. The van der Waals surface area contributed by atoms with E-state index in [1.54, 1.807) is 45.5 Å². The van der Waals surface area contributed by atoms with Gasteiger partial charge in [-0.05, 0) is 110 Å². The minimum Gasteiger partial charge on any atom is -0.453 e. The number of nitrogens with one attached hydrogen (secondary N) is 4. The molecule has 560 valence electrons. The number of unbranched alkanes of at least 4 members (excludes halogenated alkanes) is 2. The number of aliphatic hydroxyl groups is 1. The number of aliphatic hydroxyl groups excluding tert-OH is 1. The van der Waals surface area contributed by atoms with Crippen molar-refractivity contribution < 1.29 is 72.1 Å². The summed E-state index contributed by atoms with van der Waals surface area (Å²) >= 11 is 0. The molecule has 0 spiro atoms. The lowest BCUT2D eigenvalue weighted by Crippen LogP contribution is -2.54. The maximum atomic E-state index is 14.4. The number of methoxy groups -OCH3 is 3. The Balaban J connectivity index is 0.000000555. The summed E-state index contributed by atoms with van der Waals surface area (Å²) in [6.07, 6.45) is 6.96. The Kier molecular flexibility index (Phi) is 37.7. The van der Waals surface area contributed by atoms with Gasteiger partial charge < -0.3 is 61.0 Å². The summed E-state index contributed by atoms with van der Waals surface area (Å²) in [6.45, 7) is 25.5. The average molecular weight is 1400 g/mol.